The van der Waals surface area contributed by atoms with Crippen molar-refractivity contribution < 1.29 is 8.42 Å². The molecule has 0 spiro atoms. The van der Waals surface area contributed by atoms with Crippen LogP contribution in [0.1, 0.15) is 25.7 Å². The highest BCUT2D eigenvalue weighted by Crippen LogP contribution is 2.27. The van der Waals surface area contributed by atoms with Crippen LogP contribution in [-0.4, -0.2) is 50.5 Å². The molecule has 3 aromatic rings. The molecule has 0 N–H and O–H groups in total. The van der Waals surface area contributed by atoms with Crippen molar-refractivity contribution in [3.63, 3.8) is 0 Å². The number of pyridine rings is 1. The van der Waals surface area contributed by atoms with Gasteiger partial charge in [0.2, 0.25) is 9.84 Å². The van der Waals surface area contributed by atoms with E-state index in [9.17, 15) is 8.42 Å². The van der Waals surface area contributed by atoms with Gasteiger partial charge in [-0.25, -0.2) is 13.4 Å². The fourth-order valence-electron chi connectivity index (χ4n) is 4.89. The van der Waals surface area contributed by atoms with E-state index in [0.717, 1.165) is 49.2 Å². The van der Waals surface area contributed by atoms with Gasteiger partial charge in [0.25, 0.3) is 0 Å². The number of rotatable bonds is 5. The first-order valence-electron chi connectivity index (χ1n) is 11.5. The van der Waals surface area contributed by atoms with Crippen LogP contribution in [0.15, 0.2) is 82.7 Å². The van der Waals surface area contributed by atoms with E-state index in [1.54, 1.807) is 36.4 Å². The van der Waals surface area contributed by atoms with Crippen molar-refractivity contribution in [1.29, 1.82) is 0 Å². The summed E-state index contributed by atoms with van der Waals surface area (Å²) < 4.78 is 25.6. The minimum Gasteiger partial charge on any atom is -0.354 e. The summed E-state index contributed by atoms with van der Waals surface area (Å²) in [6, 6.07) is 20.5. The highest BCUT2D eigenvalue weighted by molar-refractivity contribution is 7.91. The van der Waals surface area contributed by atoms with Gasteiger partial charge >= 0.3 is 0 Å². The van der Waals surface area contributed by atoms with Gasteiger partial charge in [0.1, 0.15) is 5.82 Å². The zero-order valence-corrected chi connectivity index (χ0v) is 21.5. The van der Waals surface area contributed by atoms with Crippen LogP contribution in [-0.2, 0) is 9.84 Å². The highest BCUT2D eigenvalue weighted by Gasteiger charge is 2.26. The molecule has 0 atom stereocenters. The van der Waals surface area contributed by atoms with Crippen LogP contribution in [0.5, 0.6) is 0 Å². The van der Waals surface area contributed by atoms with Crippen molar-refractivity contribution in [3.05, 3.63) is 72.9 Å². The summed E-state index contributed by atoms with van der Waals surface area (Å²) in [4.78, 5) is 10.3. The van der Waals surface area contributed by atoms with E-state index >= 15 is 0 Å². The van der Waals surface area contributed by atoms with Gasteiger partial charge in [-0.15, -0.1) is 24.8 Å². The second-order valence-corrected chi connectivity index (χ2v) is 10.7. The van der Waals surface area contributed by atoms with Crippen LogP contribution in [0, 0.1) is 0 Å². The molecule has 2 fully saturated rings. The quantitative estimate of drug-likeness (QED) is 0.446. The fraction of sp³-hybridized carbons (Fsp3) is 0.346. The van der Waals surface area contributed by atoms with Crippen LogP contribution in [0.25, 0.3) is 11.1 Å². The monoisotopic (exact) mass is 519 g/mol. The first kappa shape index (κ1) is 26.5. The maximum Gasteiger partial charge on any atom is 0.206 e. The molecular weight excluding hydrogens is 489 g/mol. The average Bonchev–Trinajstić information content (AvgIpc) is 3.40. The Bertz CT molecular complexity index is 1140. The Morgan fingerprint density at radius 2 is 1.29 bits per heavy atom. The largest absolute Gasteiger partial charge is 0.354 e. The van der Waals surface area contributed by atoms with E-state index in [0.29, 0.717) is 9.79 Å². The Morgan fingerprint density at radius 1 is 0.706 bits per heavy atom. The SMILES string of the molecule is Cl.Cl.O=S(=O)(c1ccccc1)c1ccc(-c2ccc(N3CCN(C4CCCC4)CC3)nc2)cc1. The van der Waals surface area contributed by atoms with Crippen molar-refractivity contribution >= 4 is 40.5 Å². The summed E-state index contributed by atoms with van der Waals surface area (Å²) in [5, 5.41) is 0. The van der Waals surface area contributed by atoms with Gasteiger partial charge < -0.3 is 4.90 Å². The van der Waals surface area contributed by atoms with Gasteiger partial charge in [0, 0.05) is 44.0 Å². The zero-order valence-electron chi connectivity index (χ0n) is 19.0. The number of anilines is 1. The third-order valence-electron chi connectivity index (χ3n) is 6.78. The molecule has 1 saturated carbocycles. The maximum absolute atomic E-state index is 12.8. The van der Waals surface area contributed by atoms with Crippen LogP contribution >= 0.6 is 24.8 Å². The lowest BCUT2D eigenvalue weighted by molar-refractivity contribution is 0.187. The number of aromatic nitrogens is 1. The number of halogens is 2. The van der Waals surface area contributed by atoms with Gasteiger partial charge in [0.05, 0.1) is 9.79 Å². The van der Waals surface area contributed by atoms with E-state index < -0.39 is 9.84 Å². The predicted molar refractivity (Wildman–Crippen MR) is 142 cm³/mol. The molecule has 182 valence electrons. The molecule has 1 aromatic heterocycles. The van der Waals surface area contributed by atoms with Crippen LogP contribution in [0.2, 0.25) is 0 Å². The average molecular weight is 521 g/mol. The molecule has 0 amide bonds. The van der Waals surface area contributed by atoms with Crippen molar-refractivity contribution in [3.8, 4) is 11.1 Å². The van der Waals surface area contributed by atoms with Crippen molar-refractivity contribution in [2.75, 3.05) is 31.1 Å². The van der Waals surface area contributed by atoms with Crippen LogP contribution in [0.3, 0.4) is 0 Å². The van der Waals surface area contributed by atoms with Gasteiger partial charge in [-0.2, -0.15) is 0 Å². The topological polar surface area (TPSA) is 53.5 Å². The number of sulfone groups is 1. The van der Waals surface area contributed by atoms with E-state index in [2.05, 4.69) is 21.9 Å². The van der Waals surface area contributed by atoms with Gasteiger partial charge in [-0.05, 0) is 54.8 Å². The first-order chi connectivity index (χ1) is 15.6. The lowest BCUT2D eigenvalue weighted by Gasteiger charge is -2.38. The number of hydrogen-bond acceptors (Lipinski definition) is 5. The lowest BCUT2D eigenvalue weighted by Crippen LogP contribution is -2.49. The van der Waals surface area contributed by atoms with E-state index in [1.165, 1.54) is 25.7 Å². The molecule has 8 heteroatoms. The Hall–Kier alpha value is -2.12. The fourth-order valence-corrected chi connectivity index (χ4v) is 6.17. The smallest absolute Gasteiger partial charge is 0.206 e. The third kappa shape index (κ3) is 5.57. The molecular formula is C26H31Cl2N3O2S. The lowest BCUT2D eigenvalue weighted by atomic mass is 10.1. The van der Waals surface area contributed by atoms with Crippen LogP contribution < -0.4 is 4.90 Å². The second kappa shape index (κ2) is 11.5. The molecule has 0 unspecified atom stereocenters. The Labute approximate surface area is 214 Å². The molecule has 1 saturated heterocycles. The van der Waals surface area contributed by atoms with Gasteiger partial charge in [-0.1, -0.05) is 43.2 Å². The number of benzene rings is 2. The molecule has 0 bridgehead atoms. The normalized spacial score (nSPS) is 17.1. The summed E-state index contributed by atoms with van der Waals surface area (Å²) in [5.41, 5.74) is 1.95. The molecule has 2 heterocycles. The molecule has 1 aliphatic carbocycles. The summed E-state index contributed by atoms with van der Waals surface area (Å²) in [5.74, 6) is 1.02. The van der Waals surface area contributed by atoms with Gasteiger partial charge in [-0.3, -0.25) is 4.90 Å². The Kier molecular flexibility index (Phi) is 8.99. The van der Waals surface area contributed by atoms with E-state index in [-0.39, 0.29) is 24.8 Å². The van der Waals surface area contributed by atoms with Crippen molar-refractivity contribution in [2.24, 2.45) is 0 Å². The predicted octanol–water partition coefficient (Wildman–Crippen LogP) is 5.49. The number of piperazine rings is 1. The highest BCUT2D eigenvalue weighted by atomic mass is 35.5. The molecule has 1 aliphatic heterocycles. The second-order valence-electron chi connectivity index (χ2n) is 8.71. The number of hydrogen-bond donors (Lipinski definition) is 0. The molecule has 2 aliphatic rings. The van der Waals surface area contributed by atoms with Crippen molar-refractivity contribution in [1.82, 2.24) is 9.88 Å². The zero-order chi connectivity index (χ0) is 22.0. The first-order valence-corrected chi connectivity index (χ1v) is 13.0. The molecule has 5 rings (SSSR count). The van der Waals surface area contributed by atoms with Crippen LogP contribution in [0.4, 0.5) is 5.82 Å². The molecule has 2 aromatic carbocycles. The van der Waals surface area contributed by atoms with E-state index in [4.69, 9.17) is 4.98 Å². The Balaban J connectivity index is 0.00000162. The minimum atomic E-state index is -3.50. The number of nitrogens with zero attached hydrogens (tertiary/aromatic N) is 3. The van der Waals surface area contributed by atoms with Crippen molar-refractivity contribution in [2.45, 2.75) is 41.5 Å². The maximum atomic E-state index is 12.8. The van der Waals surface area contributed by atoms with Gasteiger partial charge in [0.15, 0.2) is 0 Å². The molecule has 0 radical (unpaired) electrons. The third-order valence-corrected chi connectivity index (χ3v) is 8.56. The molecule has 34 heavy (non-hydrogen) atoms. The molecule has 5 nitrogen and oxygen atoms in total. The standard InChI is InChI=1S/C26H29N3O2S.2ClH/c30-32(31,24-8-2-1-3-9-24)25-13-10-21(11-14-25)22-12-15-26(27-20-22)29-18-16-28(17-19-29)23-6-4-5-7-23;;/h1-3,8-15,20,23H,4-7,16-19H2;2*1H. The summed E-state index contributed by atoms with van der Waals surface area (Å²) >= 11 is 0. The summed E-state index contributed by atoms with van der Waals surface area (Å²) in [6.45, 7) is 4.28. The summed E-state index contributed by atoms with van der Waals surface area (Å²) in [6.07, 6.45) is 7.37. The van der Waals surface area contributed by atoms with E-state index in [1.807, 2.05) is 24.4 Å². The summed E-state index contributed by atoms with van der Waals surface area (Å²) in [7, 11) is -3.50. The Morgan fingerprint density at radius 3 is 1.88 bits per heavy atom. The minimum absolute atomic E-state index is 0.